The van der Waals surface area contributed by atoms with E-state index in [-0.39, 0.29) is 48.6 Å². The minimum absolute atomic E-state index is 0.0679. The van der Waals surface area contributed by atoms with Crippen LogP contribution in [-0.4, -0.2) is 45.1 Å². The minimum Gasteiger partial charge on any atom is -0.497 e. The number of imidazole rings is 1. The van der Waals surface area contributed by atoms with Crippen LogP contribution in [0.15, 0.2) is 76.0 Å². The van der Waals surface area contributed by atoms with Crippen molar-refractivity contribution in [3.8, 4) is 17.2 Å². The molecule has 1 fully saturated rings. The number of benzene rings is 3. The van der Waals surface area contributed by atoms with Crippen LogP contribution in [-0.2, 0) is 13.1 Å². The molecule has 1 unspecified atom stereocenters. The second kappa shape index (κ2) is 12.2. The lowest BCUT2D eigenvalue weighted by atomic mass is 10.1. The highest BCUT2D eigenvalue weighted by atomic mass is 79.9. The molecule has 1 aromatic heterocycles. The van der Waals surface area contributed by atoms with Gasteiger partial charge in [-0.2, -0.15) is 0 Å². The smallest absolute Gasteiger partial charge is 0.333 e. The Bertz CT molecular complexity index is 1780. The molecule has 2 heterocycles. The van der Waals surface area contributed by atoms with Gasteiger partial charge in [0.05, 0.1) is 42.2 Å². The van der Waals surface area contributed by atoms with Crippen LogP contribution in [0.3, 0.4) is 0 Å². The molecule has 3 aromatic carbocycles. The molecule has 1 aliphatic carbocycles. The molecule has 11 heteroatoms. The number of amides is 2. The first-order valence-corrected chi connectivity index (χ1v) is 15.6. The van der Waals surface area contributed by atoms with E-state index >= 15 is 0 Å². The first kappa shape index (κ1) is 30.0. The highest BCUT2D eigenvalue weighted by Crippen LogP contribution is 2.30. The summed E-state index contributed by atoms with van der Waals surface area (Å²) < 4.78 is 14.9. The molecule has 9 nitrogen and oxygen atoms in total. The molecule has 44 heavy (non-hydrogen) atoms. The molecule has 0 radical (unpaired) electrons. The zero-order valence-corrected chi connectivity index (χ0v) is 26.9. The number of methoxy groups -OCH3 is 1. The van der Waals surface area contributed by atoms with Gasteiger partial charge in [0.25, 0.3) is 11.8 Å². The summed E-state index contributed by atoms with van der Waals surface area (Å²) in [4.78, 5) is 43.5. The summed E-state index contributed by atoms with van der Waals surface area (Å²) in [7, 11) is 1.60. The maximum absolute atomic E-state index is 14.1. The van der Waals surface area contributed by atoms with Gasteiger partial charge in [0.1, 0.15) is 17.2 Å². The first-order valence-electron chi connectivity index (χ1n) is 14.5. The number of fused-ring (bicyclic) bond motifs is 1. The summed E-state index contributed by atoms with van der Waals surface area (Å²) in [5.74, 6) is 0.762. The van der Waals surface area contributed by atoms with E-state index in [9.17, 15) is 14.4 Å². The Morgan fingerprint density at radius 3 is 2.34 bits per heavy atom. The highest BCUT2D eigenvalue weighted by Gasteiger charge is 2.36. The van der Waals surface area contributed by atoms with Crippen LogP contribution in [0.5, 0.6) is 11.5 Å². The Morgan fingerprint density at radius 2 is 1.70 bits per heavy atom. The molecule has 0 spiro atoms. The summed E-state index contributed by atoms with van der Waals surface area (Å²) in [6.45, 7) is 4.07. The number of nitrogens with zero attached hydrogens (tertiary/aromatic N) is 3. The Balaban J connectivity index is 1.39. The van der Waals surface area contributed by atoms with Crippen molar-refractivity contribution in [2.24, 2.45) is 0 Å². The standard InChI is InChI=1S/C33H32BrClN4O5/c1-19-17-38-29(18-37(19)32(41)22-6-15-27(34)28(35)16-22)30(31(40)36-20(2)21-4-9-24(43-3)10-5-21)39(33(38)42)23-7-11-25(12-8-23)44-26-13-14-26/h4-12,15-16,19-20,26H,13-14,17-18H2,1-3H3,(H,36,40)/t19-,20?/m0/s1. The van der Waals surface area contributed by atoms with Crippen LogP contribution in [0.1, 0.15) is 64.8 Å². The minimum atomic E-state index is -0.425. The van der Waals surface area contributed by atoms with Gasteiger partial charge in [-0.25, -0.2) is 4.79 Å². The maximum atomic E-state index is 14.1. The second-order valence-electron chi connectivity index (χ2n) is 11.2. The highest BCUT2D eigenvalue weighted by molar-refractivity contribution is 9.10. The normalized spacial score (nSPS) is 16.7. The van der Waals surface area contributed by atoms with Crippen molar-refractivity contribution in [3.63, 3.8) is 0 Å². The van der Waals surface area contributed by atoms with Gasteiger partial charge in [-0.3, -0.25) is 18.7 Å². The number of carbonyl (C=O) groups excluding carboxylic acids is 2. The lowest BCUT2D eigenvalue weighted by Crippen LogP contribution is -2.47. The summed E-state index contributed by atoms with van der Waals surface area (Å²) in [6, 6.07) is 19.0. The molecule has 1 N–H and O–H groups in total. The lowest BCUT2D eigenvalue weighted by molar-refractivity contribution is 0.0610. The van der Waals surface area contributed by atoms with Crippen LogP contribution in [0.25, 0.3) is 5.69 Å². The van der Waals surface area contributed by atoms with Gasteiger partial charge < -0.3 is 19.7 Å². The molecule has 4 aromatic rings. The van der Waals surface area contributed by atoms with Crippen molar-refractivity contribution in [2.75, 3.05) is 7.11 Å². The number of ether oxygens (including phenoxy) is 2. The number of aromatic nitrogens is 2. The average Bonchev–Trinajstić information content (AvgIpc) is 3.80. The number of nitrogens with one attached hydrogen (secondary N) is 1. The fraction of sp³-hybridized carbons (Fsp3) is 0.303. The zero-order valence-electron chi connectivity index (χ0n) is 24.6. The fourth-order valence-corrected chi connectivity index (χ4v) is 5.88. The van der Waals surface area contributed by atoms with E-state index in [4.69, 9.17) is 21.1 Å². The Morgan fingerprint density at radius 1 is 1.02 bits per heavy atom. The molecule has 228 valence electrons. The third kappa shape index (κ3) is 5.88. The van der Waals surface area contributed by atoms with Crippen molar-refractivity contribution >= 4 is 39.3 Å². The third-order valence-electron chi connectivity index (χ3n) is 8.07. The number of hydrogen-bond acceptors (Lipinski definition) is 5. The largest absolute Gasteiger partial charge is 0.497 e. The molecule has 0 bridgehead atoms. The summed E-state index contributed by atoms with van der Waals surface area (Å²) in [5, 5.41) is 3.49. The Hall–Kier alpha value is -4.02. The fourth-order valence-electron chi connectivity index (χ4n) is 5.45. The van der Waals surface area contributed by atoms with E-state index in [2.05, 4.69) is 21.2 Å². The maximum Gasteiger partial charge on any atom is 0.333 e. The Kier molecular flexibility index (Phi) is 8.30. The van der Waals surface area contributed by atoms with E-state index in [0.717, 1.165) is 18.4 Å². The predicted molar refractivity (Wildman–Crippen MR) is 171 cm³/mol. The number of carbonyl (C=O) groups is 2. The Labute approximate surface area is 268 Å². The third-order valence-corrected chi connectivity index (χ3v) is 9.30. The van der Waals surface area contributed by atoms with Crippen molar-refractivity contribution in [3.05, 3.63) is 109 Å². The molecular weight excluding hydrogens is 648 g/mol. The predicted octanol–water partition coefficient (Wildman–Crippen LogP) is 6.14. The monoisotopic (exact) mass is 678 g/mol. The van der Waals surface area contributed by atoms with E-state index in [0.29, 0.717) is 37.9 Å². The second-order valence-corrected chi connectivity index (χ2v) is 12.5. The molecule has 1 aliphatic heterocycles. The average molecular weight is 680 g/mol. The zero-order chi connectivity index (χ0) is 31.1. The molecule has 2 atom stereocenters. The van der Waals surface area contributed by atoms with E-state index in [1.807, 2.05) is 50.2 Å². The molecule has 6 rings (SSSR count). The van der Waals surface area contributed by atoms with Gasteiger partial charge in [0.15, 0.2) is 0 Å². The van der Waals surface area contributed by atoms with Gasteiger partial charge in [-0.1, -0.05) is 23.7 Å². The molecule has 2 aliphatic rings. The summed E-state index contributed by atoms with van der Waals surface area (Å²) in [6.07, 6.45) is 2.30. The molecule has 1 saturated carbocycles. The first-order chi connectivity index (χ1) is 21.1. The van der Waals surface area contributed by atoms with E-state index in [1.54, 1.807) is 46.9 Å². The number of rotatable bonds is 8. The number of hydrogen-bond donors (Lipinski definition) is 1. The SMILES string of the molecule is COc1ccc(C(C)NC(=O)c2c3n(c(=O)n2-c2ccc(OC4CC4)cc2)C[C@H](C)N(C(=O)c2ccc(Br)c(Cl)c2)C3)cc1. The van der Waals surface area contributed by atoms with Crippen LogP contribution >= 0.6 is 27.5 Å². The summed E-state index contributed by atoms with van der Waals surface area (Å²) in [5.41, 5.74) is 2.13. The van der Waals surface area contributed by atoms with Crippen molar-refractivity contribution in [1.29, 1.82) is 0 Å². The van der Waals surface area contributed by atoms with Crippen LogP contribution in [0, 0.1) is 0 Å². The lowest BCUT2D eigenvalue weighted by Gasteiger charge is -2.34. The van der Waals surface area contributed by atoms with E-state index < -0.39 is 5.91 Å². The van der Waals surface area contributed by atoms with Crippen molar-refractivity contribution < 1.29 is 19.1 Å². The van der Waals surface area contributed by atoms with E-state index in [1.165, 1.54) is 4.57 Å². The van der Waals surface area contributed by atoms with Crippen LogP contribution < -0.4 is 20.5 Å². The molecule has 0 saturated heterocycles. The number of halogens is 2. The van der Waals surface area contributed by atoms with Crippen molar-refractivity contribution in [2.45, 2.75) is 58.0 Å². The van der Waals surface area contributed by atoms with Gasteiger partial charge in [0, 0.05) is 22.6 Å². The molecule has 2 amide bonds. The molecular formula is C33H32BrClN4O5. The topological polar surface area (TPSA) is 94.8 Å². The van der Waals surface area contributed by atoms with Gasteiger partial charge >= 0.3 is 5.69 Å². The summed E-state index contributed by atoms with van der Waals surface area (Å²) >= 11 is 9.67. The van der Waals surface area contributed by atoms with Gasteiger partial charge in [0.2, 0.25) is 0 Å². The van der Waals surface area contributed by atoms with Crippen LogP contribution in [0.2, 0.25) is 5.02 Å². The quantitative estimate of drug-likeness (QED) is 0.242. The van der Waals surface area contributed by atoms with Crippen LogP contribution in [0.4, 0.5) is 0 Å². The van der Waals surface area contributed by atoms with Crippen molar-refractivity contribution in [1.82, 2.24) is 19.4 Å². The van der Waals surface area contributed by atoms with Gasteiger partial charge in [-0.15, -0.1) is 0 Å². The van der Waals surface area contributed by atoms with Gasteiger partial charge in [-0.05, 0) is 103 Å².